The molecule has 34 heavy (non-hydrogen) atoms. The van der Waals surface area contributed by atoms with Crippen LogP contribution in [0.25, 0.3) is 21.6 Å². The highest BCUT2D eigenvalue weighted by molar-refractivity contribution is 7.19. The molecule has 0 saturated carbocycles. The number of benzene rings is 1. The molecule has 4 heterocycles. The monoisotopic (exact) mass is 470 g/mol. The van der Waals surface area contributed by atoms with Gasteiger partial charge in [0.05, 0.1) is 5.39 Å². The van der Waals surface area contributed by atoms with Crippen LogP contribution >= 0.6 is 11.3 Å². The number of carbonyl (C=O) groups is 1. The Bertz CT molecular complexity index is 1330. The highest BCUT2D eigenvalue weighted by atomic mass is 32.1. The van der Waals surface area contributed by atoms with Crippen LogP contribution < -0.4 is 10.6 Å². The normalized spacial score (nSPS) is 17.1. The van der Waals surface area contributed by atoms with Gasteiger partial charge in [0.1, 0.15) is 16.7 Å². The molecule has 0 radical (unpaired) electrons. The Kier molecular flexibility index (Phi) is 5.47. The van der Waals surface area contributed by atoms with E-state index in [1.54, 1.807) is 6.20 Å². The highest BCUT2D eigenvalue weighted by Gasteiger charge is 2.31. The molecule has 1 aliphatic heterocycles. The molecular formula is C26H26N6OS. The van der Waals surface area contributed by atoms with Gasteiger partial charge in [0.15, 0.2) is 5.82 Å². The average Bonchev–Trinajstić information content (AvgIpc) is 3.46. The molecular weight excluding hydrogens is 444 g/mol. The van der Waals surface area contributed by atoms with E-state index in [1.807, 2.05) is 60.0 Å². The van der Waals surface area contributed by atoms with Gasteiger partial charge in [-0.2, -0.15) is 0 Å². The Morgan fingerprint density at radius 1 is 1.00 bits per heavy atom. The van der Waals surface area contributed by atoms with E-state index in [9.17, 15) is 4.79 Å². The summed E-state index contributed by atoms with van der Waals surface area (Å²) in [6.07, 6.45) is 7.01. The molecule has 1 aliphatic carbocycles. The zero-order chi connectivity index (χ0) is 23.1. The number of pyridine rings is 1. The van der Waals surface area contributed by atoms with Crippen molar-refractivity contribution in [3.05, 3.63) is 70.9 Å². The number of hydrogen-bond donors (Lipinski definition) is 1. The second-order valence-corrected chi connectivity index (χ2v) is 9.97. The first-order valence-electron chi connectivity index (χ1n) is 11.7. The fourth-order valence-corrected chi connectivity index (χ4v) is 6.47. The number of primary amides is 1. The molecule has 4 aromatic rings. The number of fused-ring (bicyclic) bond motifs is 3. The number of aryl methyl sites for hydroxylation is 2. The molecule has 7 nitrogen and oxygen atoms in total. The topological polar surface area (TPSA) is 88.2 Å². The second-order valence-electron chi connectivity index (χ2n) is 8.89. The summed E-state index contributed by atoms with van der Waals surface area (Å²) in [5.41, 5.74) is 9.13. The first-order valence-corrected chi connectivity index (χ1v) is 12.6. The standard InChI is InChI=1S/C26H26N6OS/c27-23(33)22(17-6-2-1-3-7-17)31-12-14-32(15-13-31)25-21-19-9-4-10-20(19)34-26(21)30-24(29-25)18-8-5-11-28-16-18/h1-3,5-8,11,16,22H,4,9-10,12-15H2,(H2,27,33). The Morgan fingerprint density at radius 2 is 1.82 bits per heavy atom. The number of nitrogens with two attached hydrogens (primary N) is 1. The summed E-state index contributed by atoms with van der Waals surface area (Å²) in [5, 5.41) is 1.22. The number of hydrogen-bond acceptors (Lipinski definition) is 7. The highest BCUT2D eigenvalue weighted by Crippen LogP contribution is 2.42. The minimum Gasteiger partial charge on any atom is -0.368 e. The first kappa shape index (κ1) is 21.2. The Morgan fingerprint density at radius 3 is 2.56 bits per heavy atom. The number of aromatic nitrogens is 3. The van der Waals surface area contributed by atoms with E-state index in [4.69, 9.17) is 15.7 Å². The SMILES string of the molecule is NC(=O)C(c1ccccc1)N1CCN(c2nc(-c3cccnc3)nc3sc4c(c23)CCC4)CC1. The van der Waals surface area contributed by atoms with Crippen LogP contribution in [0.3, 0.4) is 0 Å². The third-order valence-corrected chi connectivity index (χ3v) is 8.01. The number of carbonyl (C=O) groups excluding carboxylic acids is 1. The van der Waals surface area contributed by atoms with Gasteiger partial charge in [-0.25, -0.2) is 9.97 Å². The van der Waals surface area contributed by atoms with Gasteiger partial charge >= 0.3 is 0 Å². The number of amides is 1. The summed E-state index contributed by atoms with van der Waals surface area (Å²) in [6.45, 7) is 3.03. The molecule has 2 aliphatic rings. The zero-order valence-corrected chi connectivity index (χ0v) is 19.7. The number of piperazine rings is 1. The number of thiophene rings is 1. The van der Waals surface area contributed by atoms with Crippen molar-refractivity contribution in [3.8, 4) is 11.4 Å². The predicted octanol–water partition coefficient (Wildman–Crippen LogP) is 3.59. The van der Waals surface area contributed by atoms with Gasteiger partial charge in [-0.1, -0.05) is 30.3 Å². The molecule has 1 unspecified atom stereocenters. The molecule has 2 N–H and O–H groups in total. The minimum absolute atomic E-state index is 0.307. The lowest BCUT2D eigenvalue weighted by molar-refractivity contribution is -0.123. The lowest BCUT2D eigenvalue weighted by atomic mass is 10.0. The second kappa shape index (κ2) is 8.77. The average molecular weight is 471 g/mol. The lowest BCUT2D eigenvalue weighted by Gasteiger charge is -2.39. The number of anilines is 1. The van der Waals surface area contributed by atoms with E-state index in [2.05, 4.69) is 14.8 Å². The van der Waals surface area contributed by atoms with Gasteiger partial charge in [0.2, 0.25) is 5.91 Å². The van der Waals surface area contributed by atoms with Crippen molar-refractivity contribution in [1.29, 1.82) is 0 Å². The van der Waals surface area contributed by atoms with Crippen LogP contribution in [0.1, 0.15) is 28.5 Å². The zero-order valence-electron chi connectivity index (χ0n) is 18.9. The van der Waals surface area contributed by atoms with E-state index in [1.165, 1.54) is 22.2 Å². The van der Waals surface area contributed by atoms with Gasteiger partial charge in [0.25, 0.3) is 0 Å². The number of rotatable bonds is 5. The summed E-state index contributed by atoms with van der Waals surface area (Å²) >= 11 is 1.81. The Hall–Kier alpha value is -3.36. The minimum atomic E-state index is -0.412. The van der Waals surface area contributed by atoms with Gasteiger partial charge in [-0.05, 0) is 42.5 Å². The van der Waals surface area contributed by atoms with Crippen molar-refractivity contribution >= 4 is 33.3 Å². The van der Waals surface area contributed by atoms with Crippen LogP contribution in [0.2, 0.25) is 0 Å². The predicted molar refractivity (Wildman–Crippen MR) is 135 cm³/mol. The van der Waals surface area contributed by atoms with Crippen molar-refractivity contribution in [2.24, 2.45) is 5.73 Å². The van der Waals surface area contributed by atoms with Crippen LogP contribution in [0.4, 0.5) is 5.82 Å². The van der Waals surface area contributed by atoms with Gasteiger partial charge < -0.3 is 10.6 Å². The smallest absolute Gasteiger partial charge is 0.239 e. The largest absolute Gasteiger partial charge is 0.368 e. The maximum absolute atomic E-state index is 12.4. The molecule has 3 aromatic heterocycles. The van der Waals surface area contributed by atoms with Crippen molar-refractivity contribution in [1.82, 2.24) is 19.9 Å². The van der Waals surface area contributed by atoms with Crippen LogP contribution in [-0.2, 0) is 17.6 Å². The molecule has 8 heteroatoms. The summed E-state index contributed by atoms with van der Waals surface area (Å²) < 4.78 is 0. The first-order chi connectivity index (χ1) is 16.7. The van der Waals surface area contributed by atoms with E-state index in [-0.39, 0.29) is 5.91 Å². The molecule has 1 saturated heterocycles. The van der Waals surface area contributed by atoms with Crippen molar-refractivity contribution in [2.45, 2.75) is 25.3 Å². The van der Waals surface area contributed by atoms with Crippen LogP contribution in [0.15, 0.2) is 54.9 Å². The van der Waals surface area contributed by atoms with Gasteiger partial charge in [-0.15, -0.1) is 11.3 Å². The fraction of sp³-hybridized carbons (Fsp3) is 0.308. The Balaban J connectivity index is 1.34. The third-order valence-electron chi connectivity index (χ3n) is 6.83. The molecule has 1 aromatic carbocycles. The van der Waals surface area contributed by atoms with Crippen molar-refractivity contribution < 1.29 is 4.79 Å². The lowest BCUT2D eigenvalue weighted by Crippen LogP contribution is -2.50. The molecule has 1 fully saturated rings. The summed E-state index contributed by atoms with van der Waals surface area (Å²) in [7, 11) is 0. The maximum atomic E-state index is 12.4. The van der Waals surface area contributed by atoms with Crippen LogP contribution in [0, 0.1) is 0 Å². The van der Waals surface area contributed by atoms with E-state index >= 15 is 0 Å². The van der Waals surface area contributed by atoms with Crippen molar-refractivity contribution in [3.63, 3.8) is 0 Å². The van der Waals surface area contributed by atoms with Crippen LogP contribution in [-0.4, -0.2) is 51.9 Å². The molecule has 0 spiro atoms. The molecule has 172 valence electrons. The van der Waals surface area contributed by atoms with Gasteiger partial charge in [0, 0.05) is 49.0 Å². The van der Waals surface area contributed by atoms with E-state index in [0.29, 0.717) is 0 Å². The third kappa shape index (κ3) is 3.73. The molecule has 6 rings (SSSR count). The summed E-state index contributed by atoms with van der Waals surface area (Å²) in [4.78, 5) is 33.7. The molecule has 1 atom stereocenters. The van der Waals surface area contributed by atoms with Crippen molar-refractivity contribution in [2.75, 3.05) is 31.1 Å². The van der Waals surface area contributed by atoms with E-state index < -0.39 is 6.04 Å². The Labute approximate surface area is 202 Å². The molecule has 0 bridgehead atoms. The fourth-order valence-electron chi connectivity index (χ4n) is 5.21. The summed E-state index contributed by atoms with van der Waals surface area (Å²) in [6, 6.07) is 13.3. The maximum Gasteiger partial charge on any atom is 0.239 e. The van der Waals surface area contributed by atoms with Crippen LogP contribution in [0.5, 0.6) is 0 Å². The quantitative estimate of drug-likeness (QED) is 0.480. The summed E-state index contributed by atoms with van der Waals surface area (Å²) in [5.74, 6) is 1.43. The number of nitrogens with zero attached hydrogens (tertiary/aromatic N) is 5. The molecule has 1 amide bonds. The van der Waals surface area contributed by atoms with Gasteiger partial charge in [-0.3, -0.25) is 14.7 Å². The van der Waals surface area contributed by atoms with E-state index in [0.717, 1.165) is 66.6 Å².